The van der Waals surface area contributed by atoms with Gasteiger partial charge in [0.15, 0.2) is 0 Å². The highest BCUT2D eigenvalue weighted by Gasteiger charge is 2.28. The van der Waals surface area contributed by atoms with Gasteiger partial charge in [-0.05, 0) is 31.4 Å². The number of benzene rings is 2. The summed E-state index contributed by atoms with van der Waals surface area (Å²) >= 11 is 7.55. The molecule has 0 fully saturated rings. The summed E-state index contributed by atoms with van der Waals surface area (Å²) in [6.45, 7) is 2.07. The van der Waals surface area contributed by atoms with Crippen molar-refractivity contribution in [2.24, 2.45) is 0 Å². The first-order chi connectivity index (χ1) is 13.0. The Morgan fingerprint density at radius 2 is 1.85 bits per heavy atom. The number of urea groups is 1. The number of carbonyl (C=O) groups is 3. The number of amides is 3. The highest BCUT2D eigenvalue weighted by Crippen LogP contribution is 2.26. The molecular weight excluding hydrogens is 388 g/mol. The van der Waals surface area contributed by atoms with Gasteiger partial charge in [0.25, 0.3) is 5.91 Å². The maximum absolute atomic E-state index is 12.6. The van der Waals surface area contributed by atoms with Crippen LogP contribution in [0, 0.1) is 0 Å². The predicted octanol–water partition coefficient (Wildman–Crippen LogP) is 3.81. The molecule has 27 heavy (non-hydrogen) atoms. The van der Waals surface area contributed by atoms with E-state index in [9.17, 15) is 14.4 Å². The third kappa shape index (κ3) is 5.74. The molecule has 0 spiro atoms. The van der Waals surface area contributed by atoms with Gasteiger partial charge in [0.1, 0.15) is 0 Å². The Morgan fingerprint density at radius 3 is 2.48 bits per heavy atom. The van der Waals surface area contributed by atoms with Crippen LogP contribution in [0.15, 0.2) is 53.4 Å². The van der Waals surface area contributed by atoms with Crippen LogP contribution in [0.5, 0.6) is 0 Å². The zero-order valence-corrected chi connectivity index (χ0v) is 16.4. The summed E-state index contributed by atoms with van der Waals surface area (Å²) in [6, 6.07) is 12.7. The van der Waals surface area contributed by atoms with E-state index in [0.717, 1.165) is 4.90 Å². The molecule has 0 saturated carbocycles. The first-order valence-electron chi connectivity index (χ1n) is 8.14. The second kappa shape index (κ2) is 9.99. The van der Waals surface area contributed by atoms with Crippen LogP contribution in [0.3, 0.4) is 0 Å². The molecule has 3 amide bonds. The van der Waals surface area contributed by atoms with Crippen LogP contribution in [0.4, 0.5) is 4.79 Å². The number of esters is 1. The molecule has 2 aromatic rings. The van der Waals surface area contributed by atoms with Crippen LogP contribution in [-0.2, 0) is 9.53 Å². The number of imide groups is 1. The number of halogens is 1. The van der Waals surface area contributed by atoms with Crippen LogP contribution in [-0.4, -0.2) is 30.7 Å². The first-order valence-corrected chi connectivity index (χ1v) is 9.74. The third-order valence-electron chi connectivity index (χ3n) is 3.53. The fourth-order valence-corrected chi connectivity index (χ4v) is 2.88. The summed E-state index contributed by atoms with van der Waals surface area (Å²) in [5.74, 6) is -1.51. The van der Waals surface area contributed by atoms with Crippen molar-refractivity contribution in [3.05, 3.63) is 64.7 Å². The maximum Gasteiger partial charge on any atom is 0.340 e. The summed E-state index contributed by atoms with van der Waals surface area (Å²) in [5, 5.41) is 4.84. The predicted molar refractivity (Wildman–Crippen MR) is 105 cm³/mol. The monoisotopic (exact) mass is 406 g/mol. The summed E-state index contributed by atoms with van der Waals surface area (Å²) < 4.78 is 5.42. The van der Waals surface area contributed by atoms with E-state index < -0.39 is 24.0 Å². The van der Waals surface area contributed by atoms with Gasteiger partial charge in [0, 0.05) is 17.0 Å². The minimum Gasteiger partial charge on any atom is -0.444 e. The smallest absolute Gasteiger partial charge is 0.340 e. The molecule has 0 heterocycles. The molecule has 6 nitrogen and oxygen atoms in total. The van der Waals surface area contributed by atoms with Crippen LogP contribution < -0.4 is 10.6 Å². The minimum absolute atomic E-state index is 0.148. The van der Waals surface area contributed by atoms with Gasteiger partial charge in [-0.1, -0.05) is 41.9 Å². The molecule has 2 rings (SSSR count). The van der Waals surface area contributed by atoms with E-state index in [2.05, 4.69) is 10.6 Å². The van der Waals surface area contributed by atoms with Crippen molar-refractivity contribution >= 4 is 41.3 Å². The van der Waals surface area contributed by atoms with Crippen molar-refractivity contribution in [3.63, 3.8) is 0 Å². The second-order valence-electron chi connectivity index (χ2n) is 5.39. The van der Waals surface area contributed by atoms with Crippen LogP contribution in [0.25, 0.3) is 0 Å². The molecule has 8 heteroatoms. The fraction of sp³-hybridized carbons (Fsp3) is 0.211. The second-order valence-corrected chi connectivity index (χ2v) is 6.68. The lowest BCUT2D eigenvalue weighted by Gasteiger charge is -2.18. The highest BCUT2D eigenvalue weighted by atomic mass is 35.5. The number of hydrogen-bond donors (Lipinski definition) is 2. The molecule has 0 aliphatic carbocycles. The number of thioether (sulfide) groups is 1. The van der Waals surface area contributed by atoms with Crippen LogP contribution in [0.1, 0.15) is 28.9 Å². The van der Waals surface area contributed by atoms with Gasteiger partial charge in [0.2, 0.25) is 6.10 Å². The van der Waals surface area contributed by atoms with E-state index in [1.54, 1.807) is 55.5 Å². The quantitative estimate of drug-likeness (QED) is 0.563. The molecule has 0 saturated heterocycles. The maximum atomic E-state index is 12.6. The SMILES string of the molecule is CCNC(=O)NC(=O)[C@H](OC(=O)c1cc(SC)ccc1Cl)c1ccccc1. The van der Waals surface area contributed by atoms with Gasteiger partial charge >= 0.3 is 12.0 Å². The Balaban J connectivity index is 2.28. The normalized spacial score (nSPS) is 11.4. The van der Waals surface area contributed by atoms with E-state index in [0.29, 0.717) is 12.1 Å². The van der Waals surface area contributed by atoms with Crippen molar-refractivity contribution in [1.29, 1.82) is 0 Å². The fourth-order valence-electron chi connectivity index (χ4n) is 2.24. The van der Waals surface area contributed by atoms with Crippen molar-refractivity contribution < 1.29 is 19.1 Å². The molecular formula is C19H19ClN2O4S. The van der Waals surface area contributed by atoms with Gasteiger partial charge in [-0.25, -0.2) is 9.59 Å². The highest BCUT2D eigenvalue weighted by molar-refractivity contribution is 7.98. The van der Waals surface area contributed by atoms with E-state index in [1.807, 2.05) is 6.26 Å². The van der Waals surface area contributed by atoms with Crippen molar-refractivity contribution in [1.82, 2.24) is 10.6 Å². The third-order valence-corrected chi connectivity index (χ3v) is 4.59. The number of ether oxygens (including phenoxy) is 1. The van der Waals surface area contributed by atoms with Crippen LogP contribution >= 0.6 is 23.4 Å². The van der Waals surface area contributed by atoms with Gasteiger partial charge in [-0.3, -0.25) is 10.1 Å². The molecule has 2 N–H and O–H groups in total. The molecule has 0 unspecified atom stereocenters. The van der Waals surface area contributed by atoms with E-state index in [-0.39, 0.29) is 10.6 Å². The molecule has 0 radical (unpaired) electrons. The molecule has 142 valence electrons. The lowest BCUT2D eigenvalue weighted by atomic mass is 10.1. The van der Waals surface area contributed by atoms with Crippen molar-refractivity contribution in [2.45, 2.75) is 17.9 Å². The van der Waals surface area contributed by atoms with Crippen molar-refractivity contribution in [2.75, 3.05) is 12.8 Å². The van der Waals surface area contributed by atoms with Gasteiger partial charge in [-0.2, -0.15) is 0 Å². The van der Waals surface area contributed by atoms with E-state index in [1.165, 1.54) is 11.8 Å². The zero-order chi connectivity index (χ0) is 19.8. The Morgan fingerprint density at radius 1 is 1.15 bits per heavy atom. The van der Waals surface area contributed by atoms with E-state index in [4.69, 9.17) is 16.3 Å². The average Bonchev–Trinajstić information content (AvgIpc) is 2.67. The Hall–Kier alpha value is -2.51. The summed E-state index contributed by atoms with van der Waals surface area (Å²) in [7, 11) is 0. The molecule has 2 aromatic carbocycles. The van der Waals surface area contributed by atoms with Crippen LogP contribution in [0.2, 0.25) is 5.02 Å². The molecule has 1 atom stereocenters. The van der Waals surface area contributed by atoms with Crippen molar-refractivity contribution in [3.8, 4) is 0 Å². The largest absolute Gasteiger partial charge is 0.444 e. The zero-order valence-electron chi connectivity index (χ0n) is 14.8. The number of hydrogen-bond acceptors (Lipinski definition) is 5. The number of rotatable bonds is 6. The van der Waals surface area contributed by atoms with Gasteiger partial charge in [0.05, 0.1) is 10.6 Å². The summed E-state index contributed by atoms with van der Waals surface area (Å²) in [4.78, 5) is 37.7. The molecule has 0 bridgehead atoms. The van der Waals surface area contributed by atoms with E-state index >= 15 is 0 Å². The topological polar surface area (TPSA) is 84.5 Å². The molecule has 0 aliphatic rings. The summed E-state index contributed by atoms with van der Waals surface area (Å²) in [5.41, 5.74) is 0.583. The summed E-state index contributed by atoms with van der Waals surface area (Å²) in [6.07, 6.45) is 0.570. The Labute approximate surface area is 166 Å². The Bertz CT molecular complexity index is 830. The standard InChI is InChI=1S/C19H19ClN2O4S/c1-3-21-19(25)22-17(23)16(12-7-5-4-6-8-12)26-18(24)14-11-13(27-2)9-10-15(14)20/h4-11,16H,3H2,1-2H3,(H2,21,22,23,25)/t16-/m1/s1. The first kappa shape index (κ1) is 20.8. The average molecular weight is 407 g/mol. The number of nitrogens with one attached hydrogen (secondary N) is 2. The minimum atomic E-state index is -1.30. The molecule has 0 aliphatic heterocycles. The number of carbonyl (C=O) groups excluding carboxylic acids is 3. The lowest BCUT2D eigenvalue weighted by Crippen LogP contribution is -2.42. The van der Waals surface area contributed by atoms with Gasteiger partial charge < -0.3 is 10.1 Å². The molecule has 0 aromatic heterocycles. The van der Waals surface area contributed by atoms with Gasteiger partial charge in [-0.15, -0.1) is 11.8 Å². The Kier molecular flexibility index (Phi) is 7.69. The lowest BCUT2D eigenvalue weighted by molar-refractivity contribution is -0.129.